The summed E-state index contributed by atoms with van der Waals surface area (Å²) >= 11 is 0. The van der Waals surface area contributed by atoms with Gasteiger partial charge in [-0.3, -0.25) is 9.89 Å². The predicted octanol–water partition coefficient (Wildman–Crippen LogP) is 5.33. The van der Waals surface area contributed by atoms with Crippen molar-refractivity contribution in [2.24, 2.45) is 10.7 Å². The number of nitrogens with two attached hydrogens (primary N) is 1. The Morgan fingerprint density at radius 1 is 1.12 bits per heavy atom. The number of anilines is 1. The molecule has 40 heavy (non-hydrogen) atoms. The van der Waals surface area contributed by atoms with Crippen LogP contribution in [0.5, 0.6) is 5.75 Å². The van der Waals surface area contributed by atoms with Gasteiger partial charge in [0.15, 0.2) is 5.75 Å². The fourth-order valence-electron chi connectivity index (χ4n) is 4.07. The Labute approximate surface area is 225 Å². The summed E-state index contributed by atoms with van der Waals surface area (Å²) in [6.45, 7) is 1.62. The van der Waals surface area contributed by atoms with Crippen molar-refractivity contribution in [1.82, 2.24) is 4.90 Å². The quantitative estimate of drug-likeness (QED) is 0.344. The van der Waals surface area contributed by atoms with Crippen LogP contribution in [0.15, 0.2) is 47.6 Å². The molecule has 3 N–H and O–H groups in total. The van der Waals surface area contributed by atoms with E-state index >= 15 is 0 Å². The third-order valence-corrected chi connectivity index (χ3v) is 6.29. The Morgan fingerprint density at radius 2 is 1.75 bits per heavy atom. The van der Waals surface area contributed by atoms with Crippen molar-refractivity contribution in [3.8, 4) is 5.75 Å². The number of carbonyl (C=O) groups is 1. The smallest absolute Gasteiger partial charge is 0.409 e. The number of halogens is 7. The van der Waals surface area contributed by atoms with Gasteiger partial charge in [-0.25, -0.2) is 9.18 Å². The van der Waals surface area contributed by atoms with Crippen LogP contribution in [0.2, 0.25) is 0 Å². The van der Waals surface area contributed by atoms with Gasteiger partial charge in [-0.2, -0.15) is 26.3 Å². The fraction of sp³-hybridized carbons (Fsp3) is 0.385. The van der Waals surface area contributed by atoms with Crippen molar-refractivity contribution in [2.75, 3.05) is 38.2 Å². The number of rotatable bonds is 7. The van der Waals surface area contributed by atoms with Crippen LogP contribution < -0.4 is 15.4 Å². The zero-order valence-corrected chi connectivity index (χ0v) is 21.3. The van der Waals surface area contributed by atoms with Gasteiger partial charge in [0.1, 0.15) is 5.82 Å². The average molecular weight is 577 g/mol. The lowest BCUT2D eigenvalue weighted by Gasteiger charge is -2.29. The van der Waals surface area contributed by atoms with E-state index in [2.05, 4.69) is 4.99 Å². The third-order valence-electron chi connectivity index (χ3n) is 6.29. The number of piperidine rings is 1. The summed E-state index contributed by atoms with van der Waals surface area (Å²) < 4.78 is 101. The number of β-amino-alcohol motifs (C(OH)–C–C–N with tert-alkyl or cyclic N) is 1. The second-order valence-electron chi connectivity index (χ2n) is 9.00. The largest absolute Gasteiger partial charge is 0.420 e. The average Bonchev–Trinajstić information content (AvgIpc) is 2.89. The molecule has 0 aromatic heterocycles. The highest BCUT2D eigenvalue weighted by molar-refractivity contribution is 6.11. The molecule has 1 aliphatic heterocycles. The number of nitrogens with zero attached hydrogens (tertiary/aromatic N) is 3. The van der Waals surface area contributed by atoms with E-state index in [1.165, 1.54) is 12.1 Å². The summed E-state index contributed by atoms with van der Waals surface area (Å²) in [6.07, 6.45) is -8.98. The molecule has 7 nitrogen and oxygen atoms in total. The van der Waals surface area contributed by atoms with Crippen molar-refractivity contribution in [3.63, 3.8) is 0 Å². The summed E-state index contributed by atoms with van der Waals surface area (Å²) in [5.41, 5.74) is 1.13. The molecular formula is C26H27F7N4O3. The molecule has 1 saturated heterocycles. The highest BCUT2D eigenvalue weighted by atomic mass is 19.4. The first-order valence-corrected chi connectivity index (χ1v) is 12.1. The van der Waals surface area contributed by atoms with E-state index in [4.69, 9.17) is 15.6 Å². The third kappa shape index (κ3) is 7.72. The van der Waals surface area contributed by atoms with Crippen LogP contribution in [-0.2, 0) is 12.4 Å². The zero-order chi connectivity index (χ0) is 29.7. The van der Waals surface area contributed by atoms with Crippen LogP contribution >= 0.6 is 0 Å². The van der Waals surface area contributed by atoms with Crippen LogP contribution in [0.4, 0.5) is 41.2 Å². The maximum absolute atomic E-state index is 14.0. The normalized spacial score (nSPS) is 16.0. The van der Waals surface area contributed by atoms with Crippen molar-refractivity contribution in [1.29, 1.82) is 0 Å². The number of allylic oxidation sites excluding steroid dienone is 1. The Bertz CT molecular complexity index is 1240. The topological polar surface area (TPSA) is 91.4 Å². The second kappa shape index (κ2) is 12.7. The van der Waals surface area contributed by atoms with Crippen LogP contribution in [0, 0.1) is 5.82 Å². The summed E-state index contributed by atoms with van der Waals surface area (Å²) in [7, 11) is 1.14. The van der Waals surface area contributed by atoms with Gasteiger partial charge in [0.05, 0.1) is 23.8 Å². The van der Waals surface area contributed by atoms with Gasteiger partial charge in [-0.05, 0) is 49.2 Å². The summed E-state index contributed by atoms with van der Waals surface area (Å²) in [6, 6.07) is 4.30. The fourth-order valence-corrected chi connectivity index (χ4v) is 4.07. The monoisotopic (exact) mass is 576 g/mol. The molecule has 218 valence electrons. The van der Waals surface area contributed by atoms with E-state index in [1.807, 2.05) is 4.90 Å². The van der Waals surface area contributed by atoms with Crippen molar-refractivity contribution in [2.45, 2.75) is 31.2 Å². The first kappa shape index (κ1) is 30.9. The number of aliphatic imine (C=N–C) groups is 1. The number of ether oxygens (including phenoxy) is 1. The molecule has 0 atom stereocenters. The molecule has 0 unspecified atom stereocenters. The summed E-state index contributed by atoms with van der Waals surface area (Å²) in [4.78, 5) is 19.9. The van der Waals surface area contributed by atoms with E-state index in [-0.39, 0.29) is 30.0 Å². The van der Waals surface area contributed by atoms with Gasteiger partial charge < -0.3 is 20.5 Å². The summed E-state index contributed by atoms with van der Waals surface area (Å²) in [5.74, 6) is -1.83. The number of carbonyl (C=O) groups excluding carboxylic acids is 1. The van der Waals surface area contributed by atoms with Crippen molar-refractivity contribution < 1.29 is 45.4 Å². The minimum absolute atomic E-state index is 0.0249. The molecular weight excluding hydrogens is 549 g/mol. The van der Waals surface area contributed by atoms with Crippen LogP contribution in [0.3, 0.4) is 0 Å². The molecule has 1 aliphatic rings. The molecule has 14 heteroatoms. The standard InChI is InChI=1S/C26H27F7N4O3/c1-36(20-4-2-18(27)3-5-20)24(39)40-23-21(12-17(25(28,29)30)13-22(23)26(31,32)33)16(14-34)15-35-19-6-8-37(9-7-19)10-11-38/h2-5,12-15,19,38H,6-11,34H2,1H3/b16-14+,35-15?. The summed E-state index contributed by atoms with van der Waals surface area (Å²) in [5, 5.41) is 9.07. The molecule has 0 spiro atoms. The number of hydrogen-bond acceptors (Lipinski definition) is 6. The van der Waals surface area contributed by atoms with Crippen LogP contribution in [0.25, 0.3) is 5.57 Å². The van der Waals surface area contributed by atoms with E-state index in [0.29, 0.717) is 38.5 Å². The lowest BCUT2D eigenvalue weighted by molar-refractivity contribution is -0.143. The second-order valence-corrected chi connectivity index (χ2v) is 9.00. The Hall–Kier alpha value is -3.65. The molecule has 1 amide bonds. The highest BCUT2D eigenvalue weighted by Gasteiger charge is 2.41. The van der Waals surface area contributed by atoms with Gasteiger partial charge in [0.2, 0.25) is 0 Å². The van der Waals surface area contributed by atoms with E-state index in [0.717, 1.165) is 36.5 Å². The van der Waals surface area contributed by atoms with Crippen molar-refractivity contribution in [3.05, 3.63) is 65.1 Å². The number of hydrogen-bond donors (Lipinski definition) is 2. The maximum atomic E-state index is 14.0. The first-order valence-electron chi connectivity index (χ1n) is 12.1. The predicted molar refractivity (Wildman–Crippen MR) is 134 cm³/mol. The SMILES string of the molecule is CN(C(=O)Oc1c(/C(C=NC2CCN(CCO)CC2)=C/N)cc(C(F)(F)F)cc1C(F)(F)F)c1ccc(F)cc1. The number of likely N-dealkylation sites (tertiary alicyclic amines) is 1. The Morgan fingerprint density at radius 3 is 2.27 bits per heavy atom. The number of alkyl halides is 6. The first-order chi connectivity index (χ1) is 18.7. The van der Waals surface area contributed by atoms with E-state index < -0.39 is 46.7 Å². The van der Waals surface area contributed by atoms with Gasteiger partial charge in [-0.15, -0.1) is 0 Å². The maximum Gasteiger partial charge on any atom is 0.420 e. The minimum Gasteiger partial charge on any atom is -0.409 e. The van der Waals surface area contributed by atoms with E-state index in [1.54, 1.807) is 0 Å². The number of aliphatic hydroxyl groups is 1. The molecule has 0 aliphatic carbocycles. The highest BCUT2D eigenvalue weighted by Crippen LogP contribution is 2.44. The molecule has 0 bridgehead atoms. The van der Waals surface area contributed by atoms with Gasteiger partial charge in [0.25, 0.3) is 0 Å². The molecule has 0 radical (unpaired) electrons. The van der Waals surface area contributed by atoms with Crippen LogP contribution in [0.1, 0.15) is 29.5 Å². The van der Waals surface area contributed by atoms with Crippen molar-refractivity contribution >= 4 is 23.6 Å². The minimum atomic E-state index is -5.35. The zero-order valence-electron chi connectivity index (χ0n) is 21.3. The Balaban J connectivity index is 2.04. The lowest BCUT2D eigenvalue weighted by atomic mass is 9.97. The molecule has 2 aromatic carbocycles. The van der Waals surface area contributed by atoms with E-state index in [9.17, 15) is 35.5 Å². The van der Waals surface area contributed by atoms with Gasteiger partial charge in [0, 0.05) is 55.9 Å². The molecule has 3 rings (SSSR count). The molecule has 1 heterocycles. The number of aliphatic hydroxyl groups excluding tert-OH is 1. The number of benzene rings is 2. The molecule has 0 saturated carbocycles. The Kier molecular flexibility index (Phi) is 9.79. The van der Waals surface area contributed by atoms with Gasteiger partial charge in [-0.1, -0.05) is 0 Å². The molecule has 2 aromatic rings. The molecule has 1 fully saturated rings. The van der Waals surface area contributed by atoms with Crippen LogP contribution in [-0.4, -0.2) is 61.6 Å². The number of amides is 1. The lowest BCUT2D eigenvalue weighted by Crippen LogP contribution is -2.37. The van der Waals surface area contributed by atoms with Gasteiger partial charge >= 0.3 is 18.4 Å².